The average Bonchev–Trinajstić information content (AvgIpc) is 3.26. The summed E-state index contributed by atoms with van der Waals surface area (Å²) >= 11 is 0. The van der Waals surface area contributed by atoms with E-state index in [2.05, 4.69) is 15.6 Å². The molecular formula is C28H29Cl2F3N4O2. The van der Waals surface area contributed by atoms with E-state index >= 15 is 0 Å². The van der Waals surface area contributed by atoms with Gasteiger partial charge in [-0.3, -0.25) is 4.79 Å². The number of aromatic nitrogens is 2. The number of carbonyl (C=O) groups excluding carboxylic acids is 1. The lowest BCUT2D eigenvalue weighted by Crippen LogP contribution is -2.23. The second-order valence-corrected chi connectivity index (χ2v) is 8.61. The van der Waals surface area contributed by atoms with Gasteiger partial charge in [-0.2, -0.15) is 0 Å². The zero-order valence-corrected chi connectivity index (χ0v) is 22.5. The van der Waals surface area contributed by atoms with Crippen LogP contribution in [0.25, 0.3) is 0 Å². The Morgan fingerprint density at radius 2 is 1.56 bits per heavy atom. The van der Waals surface area contributed by atoms with Crippen LogP contribution in [-0.2, 0) is 24.2 Å². The SMILES string of the molecule is Cl.Cl.O=C(Cc1nc(CCNC[C@H](O)c2ccccc2)cn1Cc1cc(F)c(F)cc1F)Nc1ccccc1. The second kappa shape index (κ2) is 15.3. The molecule has 0 unspecified atom stereocenters. The standard InChI is InChI=1S/C28H27F3N4O2.2ClH/c29-23-14-25(31)24(30)13-20(23)17-35-18-22(11-12-32-16-26(36)19-7-3-1-4-8-19)33-27(35)15-28(37)34-21-9-5-2-6-10-21;;/h1-10,13-14,18,26,32,36H,11-12,15-17H2,(H,34,37);2*1H/t26-;;/m0../s1. The largest absolute Gasteiger partial charge is 0.387 e. The summed E-state index contributed by atoms with van der Waals surface area (Å²) in [6.45, 7) is 0.720. The molecular weight excluding hydrogens is 552 g/mol. The van der Waals surface area contributed by atoms with E-state index < -0.39 is 23.6 Å². The van der Waals surface area contributed by atoms with Crippen molar-refractivity contribution in [1.82, 2.24) is 14.9 Å². The third-order valence-corrected chi connectivity index (χ3v) is 5.80. The van der Waals surface area contributed by atoms with Crippen molar-refractivity contribution < 1.29 is 23.1 Å². The Morgan fingerprint density at radius 1 is 0.923 bits per heavy atom. The Balaban J connectivity index is 0.00000267. The van der Waals surface area contributed by atoms with Crippen molar-refractivity contribution in [3.63, 3.8) is 0 Å². The van der Waals surface area contributed by atoms with Gasteiger partial charge < -0.3 is 20.3 Å². The van der Waals surface area contributed by atoms with E-state index in [9.17, 15) is 23.1 Å². The van der Waals surface area contributed by atoms with Gasteiger partial charge in [0.2, 0.25) is 5.91 Å². The van der Waals surface area contributed by atoms with Crippen LogP contribution in [0.2, 0.25) is 0 Å². The summed E-state index contributed by atoms with van der Waals surface area (Å²) < 4.78 is 43.0. The summed E-state index contributed by atoms with van der Waals surface area (Å²) in [6, 6.07) is 19.5. The first kappa shape index (κ1) is 31.8. The number of rotatable bonds is 11. The molecule has 1 amide bonds. The molecule has 3 N–H and O–H groups in total. The van der Waals surface area contributed by atoms with Crippen LogP contribution in [0.4, 0.5) is 18.9 Å². The highest BCUT2D eigenvalue weighted by Crippen LogP contribution is 2.17. The summed E-state index contributed by atoms with van der Waals surface area (Å²) in [4.78, 5) is 17.2. The molecule has 0 radical (unpaired) electrons. The quantitative estimate of drug-likeness (QED) is 0.167. The van der Waals surface area contributed by atoms with Gasteiger partial charge in [0.15, 0.2) is 11.6 Å². The molecule has 1 heterocycles. The first-order valence-electron chi connectivity index (χ1n) is 11.9. The number of aliphatic hydroxyl groups excluding tert-OH is 1. The number of imidazole rings is 1. The maximum absolute atomic E-state index is 14.3. The molecule has 39 heavy (non-hydrogen) atoms. The van der Waals surface area contributed by atoms with E-state index in [1.807, 2.05) is 36.4 Å². The third kappa shape index (κ3) is 9.11. The van der Waals surface area contributed by atoms with Crippen molar-refractivity contribution in [1.29, 1.82) is 0 Å². The number of carbonyl (C=O) groups is 1. The highest BCUT2D eigenvalue weighted by Gasteiger charge is 2.16. The van der Waals surface area contributed by atoms with Crippen molar-refractivity contribution in [3.8, 4) is 0 Å². The number of aliphatic hydroxyl groups is 1. The summed E-state index contributed by atoms with van der Waals surface area (Å²) in [5.41, 5.74) is 2.00. The lowest BCUT2D eigenvalue weighted by molar-refractivity contribution is -0.115. The molecule has 0 aliphatic heterocycles. The smallest absolute Gasteiger partial charge is 0.231 e. The summed E-state index contributed by atoms with van der Waals surface area (Å²) in [6.07, 6.45) is 1.39. The first-order valence-corrected chi connectivity index (χ1v) is 11.9. The molecule has 0 fully saturated rings. The van der Waals surface area contributed by atoms with Crippen LogP contribution in [-0.4, -0.2) is 33.7 Å². The molecule has 0 spiro atoms. The Bertz CT molecular complexity index is 1340. The Hall–Kier alpha value is -3.37. The van der Waals surface area contributed by atoms with Gasteiger partial charge in [0.1, 0.15) is 11.6 Å². The number of para-hydroxylation sites is 1. The predicted octanol–water partition coefficient (Wildman–Crippen LogP) is 5.24. The molecule has 0 saturated heterocycles. The van der Waals surface area contributed by atoms with E-state index in [4.69, 9.17) is 0 Å². The predicted molar refractivity (Wildman–Crippen MR) is 149 cm³/mol. The molecule has 0 bridgehead atoms. The van der Waals surface area contributed by atoms with Gasteiger partial charge in [-0.15, -0.1) is 24.8 Å². The van der Waals surface area contributed by atoms with Gasteiger partial charge >= 0.3 is 0 Å². The molecule has 4 rings (SSSR count). The summed E-state index contributed by atoms with van der Waals surface area (Å²) in [5.74, 6) is -3.26. The molecule has 11 heteroatoms. The molecule has 0 aliphatic rings. The maximum Gasteiger partial charge on any atom is 0.231 e. The Labute approximate surface area is 237 Å². The topological polar surface area (TPSA) is 79.2 Å². The van der Waals surface area contributed by atoms with Crippen molar-refractivity contribution >= 4 is 36.4 Å². The lowest BCUT2D eigenvalue weighted by Gasteiger charge is -2.11. The highest BCUT2D eigenvalue weighted by molar-refractivity contribution is 5.91. The molecule has 1 atom stereocenters. The van der Waals surface area contributed by atoms with Crippen LogP contribution in [0.1, 0.15) is 28.7 Å². The number of hydrogen-bond acceptors (Lipinski definition) is 4. The minimum Gasteiger partial charge on any atom is -0.387 e. The molecule has 3 aromatic carbocycles. The van der Waals surface area contributed by atoms with Crippen LogP contribution in [0.3, 0.4) is 0 Å². The van der Waals surface area contributed by atoms with Crippen molar-refractivity contribution in [2.45, 2.75) is 25.5 Å². The molecule has 4 aromatic rings. The molecule has 0 saturated carbocycles. The Kier molecular flexibility index (Phi) is 12.5. The number of halogens is 5. The molecule has 0 aliphatic carbocycles. The van der Waals surface area contributed by atoms with Crippen molar-refractivity contribution in [3.05, 3.63) is 119 Å². The van der Waals surface area contributed by atoms with E-state index in [-0.39, 0.29) is 49.3 Å². The summed E-state index contributed by atoms with van der Waals surface area (Å²) in [5, 5.41) is 16.3. The van der Waals surface area contributed by atoms with Gasteiger partial charge in [-0.05, 0) is 23.8 Å². The maximum atomic E-state index is 14.3. The van der Waals surface area contributed by atoms with Crippen LogP contribution < -0.4 is 10.6 Å². The number of nitrogens with zero attached hydrogens (tertiary/aromatic N) is 2. The minimum absolute atomic E-state index is 0. The third-order valence-electron chi connectivity index (χ3n) is 5.80. The van der Waals surface area contributed by atoms with E-state index in [1.165, 1.54) is 0 Å². The Morgan fingerprint density at radius 3 is 2.26 bits per heavy atom. The van der Waals surface area contributed by atoms with Crippen LogP contribution in [0.15, 0.2) is 79.0 Å². The normalized spacial score (nSPS) is 11.3. The number of nitrogens with one attached hydrogen (secondary N) is 2. The van der Waals surface area contributed by atoms with Crippen molar-refractivity contribution in [2.24, 2.45) is 0 Å². The lowest BCUT2D eigenvalue weighted by atomic mass is 10.1. The zero-order chi connectivity index (χ0) is 26.2. The van der Waals surface area contributed by atoms with Crippen LogP contribution in [0, 0.1) is 17.5 Å². The van der Waals surface area contributed by atoms with Crippen molar-refractivity contribution in [2.75, 3.05) is 18.4 Å². The van der Waals surface area contributed by atoms with E-state index in [0.717, 1.165) is 11.6 Å². The van der Waals surface area contributed by atoms with E-state index in [0.29, 0.717) is 42.8 Å². The number of amides is 1. The van der Waals surface area contributed by atoms with Crippen LogP contribution >= 0.6 is 24.8 Å². The van der Waals surface area contributed by atoms with Gasteiger partial charge in [0.25, 0.3) is 0 Å². The summed E-state index contributed by atoms with van der Waals surface area (Å²) in [7, 11) is 0. The molecule has 1 aromatic heterocycles. The minimum atomic E-state index is -1.27. The zero-order valence-electron chi connectivity index (χ0n) is 20.8. The first-order chi connectivity index (χ1) is 17.9. The fraction of sp³-hybridized carbons (Fsp3) is 0.214. The van der Waals surface area contributed by atoms with Crippen LogP contribution in [0.5, 0.6) is 0 Å². The fourth-order valence-corrected chi connectivity index (χ4v) is 3.90. The van der Waals surface area contributed by atoms with E-state index in [1.54, 1.807) is 35.0 Å². The number of hydrogen-bond donors (Lipinski definition) is 3. The van der Waals surface area contributed by atoms with Gasteiger partial charge in [0, 0.05) is 43.0 Å². The van der Waals surface area contributed by atoms with Gasteiger partial charge in [-0.25, -0.2) is 18.2 Å². The van der Waals surface area contributed by atoms with Gasteiger partial charge in [-0.1, -0.05) is 48.5 Å². The second-order valence-electron chi connectivity index (χ2n) is 8.61. The monoisotopic (exact) mass is 580 g/mol. The molecule has 208 valence electrons. The number of benzene rings is 3. The molecule has 6 nitrogen and oxygen atoms in total. The average molecular weight is 581 g/mol. The number of anilines is 1. The van der Waals surface area contributed by atoms with Gasteiger partial charge in [0.05, 0.1) is 24.8 Å². The highest BCUT2D eigenvalue weighted by atomic mass is 35.5. The fourth-order valence-electron chi connectivity index (χ4n) is 3.90.